The van der Waals surface area contributed by atoms with Crippen molar-refractivity contribution >= 4 is 17.5 Å². The quantitative estimate of drug-likeness (QED) is 0.688. The van der Waals surface area contributed by atoms with Gasteiger partial charge in [-0.15, -0.1) is 0 Å². The lowest BCUT2D eigenvalue weighted by Crippen LogP contribution is -2.37. The van der Waals surface area contributed by atoms with Crippen molar-refractivity contribution in [2.45, 2.75) is 76.9 Å². The molecule has 2 N–H and O–H groups in total. The van der Waals surface area contributed by atoms with E-state index in [2.05, 4.69) is 16.7 Å². The van der Waals surface area contributed by atoms with Gasteiger partial charge in [-0.2, -0.15) is 0 Å². The Balaban J connectivity index is 1.42. The van der Waals surface area contributed by atoms with Gasteiger partial charge in [-0.1, -0.05) is 43.5 Å². The van der Waals surface area contributed by atoms with Crippen molar-refractivity contribution in [1.82, 2.24) is 5.32 Å². The standard InChI is InChI=1S/C26H32N2O3/c1-18(31-24-17-9-11-19-10-5-6-14-21(19)24)25(29)28-23-16-8-7-15-22(23)26(30)27-20-12-3-2-4-13-20/h7-9,11,15-18,20H,2-6,10,12-14H2,1H3,(H,27,30)(H,28,29)/t18-/m1/s1. The normalized spacial score (nSPS) is 17.3. The van der Waals surface area contributed by atoms with Crippen LogP contribution in [0.4, 0.5) is 5.69 Å². The molecule has 0 aliphatic heterocycles. The number of nitrogens with one attached hydrogen (secondary N) is 2. The van der Waals surface area contributed by atoms with E-state index in [0.29, 0.717) is 11.3 Å². The molecule has 164 valence electrons. The van der Waals surface area contributed by atoms with Crippen molar-refractivity contribution < 1.29 is 14.3 Å². The zero-order valence-corrected chi connectivity index (χ0v) is 18.3. The van der Waals surface area contributed by atoms with Crippen LogP contribution in [0.15, 0.2) is 42.5 Å². The van der Waals surface area contributed by atoms with Crippen molar-refractivity contribution in [3.05, 3.63) is 59.2 Å². The number of rotatable bonds is 6. The maximum atomic E-state index is 12.9. The molecule has 0 aromatic heterocycles. The lowest BCUT2D eigenvalue weighted by atomic mass is 9.91. The molecule has 0 spiro atoms. The number of aryl methyl sites for hydroxylation is 1. The summed E-state index contributed by atoms with van der Waals surface area (Å²) in [4.78, 5) is 25.7. The van der Waals surface area contributed by atoms with Crippen LogP contribution in [0.1, 0.15) is 73.4 Å². The maximum Gasteiger partial charge on any atom is 0.265 e. The molecule has 4 rings (SSSR count). The van der Waals surface area contributed by atoms with Crippen LogP contribution in [0.25, 0.3) is 0 Å². The van der Waals surface area contributed by atoms with Crippen LogP contribution in [0.3, 0.4) is 0 Å². The fourth-order valence-corrected chi connectivity index (χ4v) is 4.64. The number of hydrogen-bond acceptors (Lipinski definition) is 3. The fourth-order valence-electron chi connectivity index (χ4n) is 4.64. The van der Waals surface area contributed by atoms with Crippen LogP contribution in [-0.2, 0) is 17.6 Å². The van der Waals surface area contributed by atoms with Gasteiger partial charge >= 0.3 is 0 Å². The molecule has 0 heterocycles. The lowest BCUT2D eigenvalue weighted by molar-refractivity contribution is -0.122. The minimum Gasteiger partial charge on any atom is -0.481 e. The van der Waals surface area contributed by atoms with Gasteiger partial charge in [-0.25, -0.2) is 0 Å². The molecule has 2 aromatic carbocycles. The van der Waals surface area contributed by atoms with E-state index in [-0.39, 0.29) is 17.9 Å². The molecule has 2 aliphatic rings. The smallest absolute Gasteiger partial charge is 0.265 e. The minimum absolute atomic E-state index is 0.131. The predicted molar refractivity (Wildman–Crippen MR) is 123 cm³/mol. The number of carbonyl (C=O) groups is 2. The van der Waals surface area contributed by atoms with Crippen molar-refractivity contribution in [2.24, 2.45) is 0 Å². The van der Waals surface area contributed by atoms with Crippen LogP contribution in [0, 0.1) is 0 Å². The highest BCUT2D eigenvalue weighted by atomic mass is 16.5. The fraction of sp³-hybridized carbons (Fsp3) is 0.462. The Morgan fingerprint density at radius 3 is 2.55 bits per heavy atom. The van der Waals surface area contributed by atoms with Crippen LogP contribution in [0.5, 0.6) is 5.75 Å². The summed E-state index contributed by atoms with van der Waals surface area (Å²) < 4.78 is 6.06. The second-order valence-corrected chi connectivity index (χ2v) is 8.70. The van der Waals surface area contributed by atoms with Gasteiger partial charge < -0.3 is 15.4 Å². The molecule has 2 amide bonds. The molecule has 31 heavy (non-hydrogen) atoms. The summed E-state index contributed by atoms with van der Waals surface area (Å²) in [6.45, 7) is 1.75. The number of benzene rings is 2. The number of fused-ring (bicyclic) bond motifs is 1. The summed E-state index contributed by atoms with van der Waals surface area (Å²) in [5, 5.41) is 6.03. The van der Waals surface area contributed by atoms with Gasteiger partial charge in [-0.05, 0) is 74.8 Å². The Morgan fingerprint density at radius 2 is 1.71 bits per heavy atom. The molecule has 1 fully saturated rings. The van der Waals surface area contributed by atoms with Gasteiger partial charge in [0.25, 0.3) is 11.8 Å². The first-order chi connectivity index (χ1) is 15.1. The van der Waals surface area contributed by atoms with E-state index in [1.54, 1.807) is 19.1 Å². The van der Waals surface area contributed by atoms with Crippen LogP contribution < -0.4 is 15.4 Å². The van der Waals surface area contributed by atoms with Crippen molar-refractivity contribution in [3.63, 3.8) is 0 Å². The molecule has 5 nitrogen and oxygen atoms in total. The van der Waals surface area contributed by atoms with Gasteiger partial charge in [0.05, 0.1) is 11.3 Å². The third-order valence-electron chi connectivity index (χ3n) is 6.40. The van der Waals surface area contributed by atoms with Crippen molar-refractivity contribution in [2.75, 3.05) is 5.32 Å². The molecule has 0 saturated heterocycles. The van der Waals surface area contributed by atoms with E-state index in [4.69, 9.17) is 4.74 Å². The topological polar surface area (TPSA) is 67.4 Å². The zero-order valence-electron chi connectivity index (χ0n) is 18.3. The molecule has 1 saturated carbocycles. The predicted octanol–water partition coefficient (Wildman–Crippen LogP) is 5.03. The number of carbonyl (C=O) groups excluding carboxylic acids is 2. The van der Waals surface area contributed by atoms with Crippen LogP contribution >= 0.6 is 0 Å². The summed E-state index contributed by atoms with van der Waals surface area (Å²) in [6, 6.07) is 13.5. The number of anilines is 1. The molecule has 0 bridgehead atoms. The number of para-hydroxylation sites is 1. The Bertz CT molecular complexity index is 934. The lowest BCUT2D eigenvalue weighted by Gasteiger charge is -2.24. The number of hydrogen-bond donors (Lipinski definition) is 2. The first-order valence-electron chi connectivity index (χ1n) is 11.6. The third kappa shape index (κ3) is 5.27. The largest absolute Gasteiger partial charge is 0.481 e. The molecule has 0 radical (unpaired) electrons. The van der Waals surface area contributed by atoms with E-state index in [1.807, 2.05) is 24.3 Å². The summed E-state index contributed by atoms with van der Waals surface area (Å²) in [5.41, 5.74) is 3.55. The van der Waals surface area contributed by atoms with Crippen LogP contribution in [0.2, 0.25) is 0 Å². The monoisotopic (exact) mass is 420 g/mol. The van der Waals surface area contributed by atoms with Crippen molar-refractivity contribution in [3.8, 4) is 5.75 Å². The van der Waals surface area contributed by atoms with Gasteiger partial charge in [0.2, 0.25) is 0 Å². The average Bonchev–Trinajstić information content (AvgIpc) is 2.80. The average molecular weight is 421 g/mol. The van der Waals surface area contributed by atoms with E-state index in [1.165, 1.54) is 24.0 Å². The molecular weight excluding hydrogens is 388 g/mol. The first-order valence-corrected chi connectivity index (χ1v) is 11.6. The zero-order chi connectivity index (χ0) is 21.6. The van der Waals surface area contributed by atoms with E-state index in [9.17, 15) is 9.59 Å². The summed E-state index contributed by atoms with van der Waals surface area (Å²) in [6.07, 6.45) is 9.33. The van der Waals surface area contributed by atoms with E-state index in [0.717, 1.165) is 50.7 Å². The number of ether oxygens (including phenoxy) is 1. The second-order valence-electron chi connectivity index (χ2n) is 8.70. The third-order valence-corrected chi connectivity index (χ3v) is 6.40. The molecule has 2 aliphatic carbocycles. The SMILES string of the molecule is C[C@@H](Oc1cccc2c1CCCC2)C(=O)Nc1ccccc1C(=O)NC1CCCCC1. The highest BCUT2D eigenvalue weighted by Gasteiger charge is 2.22. The summed E-state index contributed by atoms with van der Waals surface area (Å²) in [7, 11) is 0. The number of amides is 2. The highest BCUT2D eigenvalue weighted by molar-refractivity contribution is 6.04. The Kier molecular flexibility index (Phi) is 6.90. The van der Waals surface area contributed by atoms with E-state index < -0.39 is 6.10 Å². The maximum absolute atomic E-state index is 12.9. The first kappa shape index (κ1) is 21.4. The molecule has 0 unspecified atom stereocenters. The van der Waals surface area contributed by atoms with Crippen LogP contribution in [-0.4, -0.2) is 24.0 Å². The highest BCUT2D eigenvalue weighted by Crippen LogP contribution is 2.30. The Morgan fingerprint density at radius 1 is 0.935 bits per heavy atom. The minimum atomic E-state index is -0.664. The van der Waals surface area contributed by atoms with E-state index >= 15 is 0 Å². The van der Waals surface area contributed by atoms with Gasteiger partial charge in [0, 0.05) is 6.04 Å². The summed E-state index contributed by atoms with van der Waals surface area (Å²) >= 11 is 0. The second kappa shape index (κ2) is 9.99. The molecule has 5 heteroatoms. The van der Waals surface area contributed by atoms with Crippen molar-refractivity contribution in [1.29, 1.82) is 0 Å². The molecule has 2 aromatic rings. The van der Waals surface area contributed by atoms with Gasteiger partial charge in [0.15, 0.2) is 6.10 Å². The van der Waals surface area contributed by atoms with Gasteiger partial charge in [0.1, 0.15) is 5.75 Å². The van der Waals surface area contributed by atoms with Gasteiger partial charge in [-0.3, -0.25) is 9.59 Å². The Hall–Kier alpha value is -2.82. The molecule has 1 atom stereocenters. The Labute approximate surface area is 184 Å². The molecular formula is C26H32N2O3. The summed E-state index contributed by atoms with van der Waals surface area (Å²) in [5.74, 6) is 0.406.